The second kappa shape index (κ2) is 12.8. The Kier molecular flexibility index (Phi) is 8.98. The van der Waals surface area contributed by atoms with Crippen molar-refractivity contribution in [3.8, 4) is 5.75 Å². The molecule has 3 aromatic rings. The van der Waals surface area contributed by atoms with E-state index in [0.29, 0.717) is 49.3 Å². The number of rotatable bonds is 8. The predicted octanol–water partition coefficient (Wildman–Crippen LogP) is 4.83. The largest absolute Gasteiger partial charge is 0.490 e. The third kappa shape index (κ3) is 7.35. The molecule has 4 amide bonds. The van der Waals surface area contributed by atoms with Crippen LogP contribution in [0.2, 0.25) is 0 Å². The number of urea groups is 1. The lowest BCUT2D eigenvalue weighted by Gasteiger charge is -2.32. The van der Waals surface area contributed by atoms with Gasteiger partial charge in [0.1, 0.15) is 11.9 Å². The summed E-state index contributed by atoms with van der Waals surface area (Å²) in [6.07, 6.45) is 1.43. The Labute approximate surface area is 223 Å². The number of benzene rings is 3. The van der Waals surface area contributed by atoms with E-state index >= 15 is 0 Å². The fourth-order valence-corrected chi connectivity index (χ4v) is 4.27. The molecule has 0 radical (unpaired) electrons. The van der Waals surface area contributed by atoms with E-state index in [4.69, 9.17) is 4.74 Å². The standard InChI is InChI=1S/C30H34N4O4/c1-21(2)32-29(36)26-14-13-23(28(35)31-20-22-9-5-3-6-10-22)19-27(26)33-30(37)34-17-15-25(16-18-34)38-24-11-7-4-8-12-24/h3-14,19,21,25H,15-18,20H2,1-2H3,(H,31,35)(H,32,36)(H,33,37). The second-order valence-corrected chi connectivity index (χ2v) is 9.60. The summed E-state index contributed by atoms with van der Waals surface area (Å²) >= 11 is 0. The number of carbonyl (C=O) groups is 3. The topological polar surface area (TPSA) is 99.8 Å². The summed E-state index contributed by atoms with van der Waals surface area (Å²) in [5, 5.41) is 8.62. The van der Waals surface area contributed by atoms with E-state index in [1.165, 1.54) is 0 Å². The van der Waals surface area contributed by atoms with Crippen LogP contribution < -0.4 is 20.7 Å². The molecule has 8 heteroatoms. The number of nitrogens with one attached hydrogen (secondary N) is 3. The van der Waals surface area contributed by atoms with E-state index in [0.717, 1.165) is 11.3 Å². The zero-order valence-corrected chi connectivity index (χ0v) is 21.8. The average molecular weight is 515 g/mol. The van der Waals surface area contributed by atoms with Gasteiger partial charge in [0.2, 0.25) is 0 Å². The molecule has 0 aromatic heterocycles. The van der Waals surface area contributed by atoms with Gasteiger partial charge in [0.15, 0.2) is 0 Å². The first kappa shape index (κ1) is 26.7. The van der Waals surface area contributed by atoms with Crippen LogP contribution in [-0.2, 0) is 6.54 Å². The van der Waals surface area contributed by atoms with Crippen molar-refractivity contribution in [1.29, 1.82) is 0 Å². The minimum absolute atomic E-state index is 0.0328. The highest BCUT2D eigenvalue weighted by molar-refractivity contribution is 6.06. The van der Waals surface area contributed by atoms with Crippen molar-refractivity contribution in [3.05, 3.63) is 95.6 Å². The lowest BCUT2D eigenvalue weighted by atomic mass is 10.1. The number of carbonyl (C=O) groups excluding carboxylic acids is 3. The zero-order valence-electron chi connectivity index (χ0n) is 21.8. The van der Waals surface area contributed by atoms with Crippen LogP contribution in [0.25, 0.3) is 0 Å². The molecule has 0 bridgehead atoms. The van der Waals surface area contributed by atoms with Gasteiger partial charge in [-0.1, -0.05) is 48.5 Å². The summed E-state index contributed by atoms with van der Waals surface area (Å²) in [5.74, 6) is 0.208. The molecule has 0 atom stereocenters. The lowest BCUT2D eigenvalue weighted by molar-refractivity contribution is 0.0935. The van der Waals surface area contributed by atoms with E-state index in [1.807, 2.05) is 74.5 Å². The van der Waals surface area contributed by atoms with Crippen molar-refractivity contribution >= 4 is 23.5 Å². The molecule has 1 aliphatic rings. The van der Waals surface area contributed by atoms with Crippen molar-refractivity contribution in [2.45, 2.75) is 45.4 Å². The highest BCUT2D eigenvalue weighted by Crippen LogP contribution is 2.22. The van der Waals surface area contributed by atoms with E-state index < -0.39 is 0 Å². The first-order valence-electron chi connectivity index (χ1n) is 12.9. The van der Waals surface area contributed by atoms with Gasteiger partial charge in [0.25, 0.3) is 11.8 Å². The van der Waals surface area contributed by atoms with Crippen LogP contribution in [0.3, 0.4) is 0 Å². The molecule has 3 aromatic carbocycles. The molecule has 0 aliphatic carbocycles. The van der Waals surface area contributed by atoms with Crippen molar-refractivity contribution in [2.75, 3.05) is 18.4 Å². The fourth-order valence-electron chi connectivity index (χ4n) is 4.27. The highest BCUT2D eigenvalue weighted by Gasteiger charge is 2.25. The van der Waals surface area contributed by atoms with Gasteiger partial charge in [0.05, 0.1) is 11.3 Å². The van der Waals surface area contributed by atoms with E-state index in [2.05, 4.69) is 16.0 Å². The molecule has 8 nitrogen and oxygen atoms in total. The maximum Gasteiger partial charge on any atom is 0.321 e. The van der Waals surface area contributed by atoms with E-state index in [1.54, 1.807) is 23.1 Å². The average Bonchev–Trinajstić information content (AvgIpc) is 2.93. The van der Waals surface area contributed by atoms with Gasteiger partial charge < -0.3 is 25.6 Å². The van der Waals surface area contributed by atoms with Gasteiger partial charge in [-0.15, -0.1) is 0 Å². The smallest absolute Gasteiger partial charge is 0.321 e. The number of para-hydroxylation sites is 1. The second-order valence-electron chi connectivity index (χ2n) is 9.60. The van der Waals surface area contributed by atoms with Crippen LogP contribution in [0, 0.1) is 0 Å². The first-order chi connectivity index (χ1) is 18.4. The zero-order chi connectivity index (χ0) is 26.9. The Morgan fingerprint density at radius 3 is 2.21 bits per heavy atom. The molecule has 38 heavy (non-hydrogen) atoms. The molecule has 0 spiro atoms. The Morgan fingerprint density at radius 1 is 0.895 bits per heavy atom. The van der Waals surface area contributed by atoms with Crippen LogP contribution in [0.4, 0.5) is 10.5 Å². The minimum Gasteiger partial charge on any atom is -0.490 e. The molecule has 4 rings (SSSR count). The van der Waals surface area contributed by atoms with Gasteiger partial charge >= 0.3 is 6.03 Å². The quantitative estimate of drug-likeness (QED) is 0.401. The first-order valence-corrected chi connectivity index (χ1v) is 12.9. The summed E-state index contributed by atoms with van der Waals surface area (Å²) in [6, 6.07) is 23.6. The summed E-state index contributed by atoms with van der Waals surface area (Å²) in [6.45, 7) is 5.14. The molecule has 198 valence electrons. The van der Waals surface area contributed by atoms with Crippen LogP contribution in [0.5, 0.6) is 5.75 Å². The number of ether oxygens (including phenoxy) is 1. The molecular weight excluding hydrogens is 480 g/mol. The Bertz CT molecular complexity index is 1240. The normalized spacial score (nSPS) is 13.6. The van der Waals surface area contributed by atoms with Gasteiger partial charge in [-0.3, -0.25) is 9.59 Å². The number of amides is 4. The summed E-state index contributed by atoms with van der Waals surface area (Å²) < 4.78 is 6.03. The molecule has 1 fully saturated rings. The minimum atomic E-state index is -0.318. The number of likely N-dealkylation sites (tertiary alicyclic amines) is 1. The Morgan fingerprint density at radius 2 is 1.55 bits per heavy atom. The van der Waals surface area contributed by atoms with Crippen LogP contribution in [0.15, 0.2) is 78.9 Å². The molecule has 1 aliphatic heterocycles. The monoisotopic (exact) mass is 514 g/mol. The van der Waals surface area contributed by atoms with Gasteiger partial charge in [-0.2, -0.15) is 0 Å². The lowest BCUT2D eigenvalue weighted by Crippen LogP contribution is -2.44. The molecular formula is C30H34N4O4. The van der Waals surface area contributed by atoms with Gasteiger partial charge in [-0.05, 0) is 49.7 Å². The Balaban J connectivity index is 1.43. The molecule has 3 N–H and O–H groups in total. The number of piperidine rings is 1. The van der Waals surface area contributed by atoms with E-state index in [-0.39, 0.29) is 30.0 Å². The van der Waals surface area contributed by atoms with E-state index in [9.17, 15) is 14.4 Å². The number of nitrogens with zero attached hydrogens (tertiary/aromatic N) is 1. The molecule has 0 unspecified atom stereocenters. The van der Waals surface area contributed by atoms with Crippen LogP contribution in [-0.4, -0.2) is 48.0 Å². The van der Waals surface area contributed by atoms with Crippen LogP contribution >= 0.6 is 0 Å². The maximum atomic E-state index is 13.2. The van der Waals surface area contributed by atoms with Crippen molar-refractivity contribution in [2.24, 2.45) is 0 Å². The third-order valence-corrected chi connectivity index (χ3v) is 6.26. The van der Waals surface area contributed by atoms with Crippen molar-refractivity contribution in [1.82, 2.24) is 15.5 Å². The summed E-state index contributed by atoms with van der Waals surface area (Å²) in [5.41, 5.74) is 1.92. The molecule has 1 saturated heterocycles. The number of hydrogen-bond donors (Lipinski definition) is 3. The Hall–Kier alpha value is -4.33. The van der Waals surface area contributed by atoms with Gasteiger partial charge in [0, 0.05) is 44.1 Å². The number of anilines is 1. The van der Waals surface area contributed by atoms with Gasteiger partial charge in [-0.25, -0.2) is 4.79 Å². The SMILES string of the molecule is CC(C)NC(=O)c1ccc(C(=O)NCc2ccccc2)cc1NC(=O)N1CCC(Oc2ccccc2)CC1. The number of hydrogen-bond acceptors (Lipinski definition) is 4. The summed E-state index contributed by atoms with van der Waals surface area (Å²) in [4.78, 5) is 40.6. The summed E-state index contributed by atoms with van der Waals surface area (Å²) in [7, 11) is 0. The van der Waals surface area contributed by atoms with Crippen molar-refractivity contribution < 1.29 is 19.1 Å². The molecule has 1 heterocycles. The predicted molar refractivity (Wildman–Crippen MR) is 147 cm³/mol. The van der Waals surface area contributed by atoms with Crippen LogP contribution in [0.1, 0.15) is 53.0 Å². The maximum absolute atomic E-state index is 13.2. The third-order valence-electron chi connectivity index (χ3n) is 6.26. The fraction of sp³-hybridized carbons (Fsp3) is 0.300. The highest BCUT2D eigenvalue weighted by atomic mass is 16.5. The van der Waals surface area contributed by atoms with Crippen molar-refractivity contribution in [3.63, 3.8) is 0 Å². The molecule has 0 saturated carbocycles.